The van der Waals surface area contributed by atoms with Crippen molar-refractivity contribution >= 4 is 21.5 Å². The van der Waals surface area contributed by atoms with E-state index in [1.807, 2.05) is 47.0 Å². The van der Waals surface area contributed by atoms with Gasteiger partial charge in [-0.25, -0.2) is 0 Å². The SMILES string of the molecule is Cc1ccc(-n2c(-c3cccc4ccccc34)c(C)c3ccccc3c2=O)cc1. The molecule has 5 aromatic rings. The fourth-order valence-corrected chi connectivity index (χ4v) is 4.21. The van der Waals surface area contributed by atoms with E-state index in [9.17, 15) is 4.79 Å². The van der Waals surface area contributed by atoms with Crippen LogP contribution in [0.1, 0.15) is 11.1 Å². The first-order chi connectivity index (χ1) is 14.1. The smallest absolute Gasteiger partial charge is 0.263 e. The number of nitrogens with zero attached hydrogens (tertiary/aromatic N) is 1. The monoisotopic (exact) mass is 375 g/mol. The van der Waals surface area contributed by atoms with Gasteiger partial charge in [0.15, 0.2) is 0 Å². The van der Waals surface area contributed by atoms with E-state index in [0.717, 1.165) is 38.7 Å². The van der Waals surface area contributed by atoms with Crippen LogP contribution in [-0.2, 0) is 0 Å². The first kappa shape index (κ1) is 17.4. The van der Waals surface area contributed by atoms with Crippen molar-refractivity contribution in [1.29, 1.82) is 0 Å². The molecule has 0 saturated carbocycles. The van der Waals surface area contributed by atoms with E-state index in [1.165, 1.54) is 10.9 Å². The van der Waals surface area contributed by atoms with Crippen LogP contribution in [0.5, 0.6) is 0 Å². The normalized spacial score (nSPS) is 11.2. The zero-order valence-electron chi connectivity index (χ0n) is 16.5. The molecule has 0 unspecified atom stereocenters. The number of hydrogen-bond donors (Lipinski definition) is 0. The average molecular weight is 375 g/mol. The Morgan fingerprint density at radius 3 is 2.00 bits per heavy atom. The van der Waals surface area contributed by atoms with Gasteiger partial charge < -0.3 is 0 Å². The zero-order chi connectivity index (χ0) is 20.0. The van der Waals surface area contributed by atoms with Crippen molar-refractivity contribution < 1.29 is 0 Å². The van der Waals surface area contributed by atoms with Crippen LogP contribution in [0.3, 0.4) is 0 Å². The lowest BCUT2D eigenvalue weighted by Gasteiger charge is -2.20. The minimum atomic E-state index is 0.0120. The molecule has 0 aliphatic heterocycles. The van der Waals surface area contributed by atoms with Gasteiger partial charge >= 0.3 is 0 Å². The number of aromatic nitrogens is 1. The third kappa shape index (κ3) is 2.76. The van der Waals surface area contributed by atoms with Gasteiger partial charge in [-0.15, -0.1) is 0 Å². The highest BCUT2D eigenvalue weighted by Crippen LogP contribution is 2.34. The Bertz CT molecular complexity index is 1420. The van der Waals surface area contributed by atoms with Gasteiger partial charge in [-0.3, -0.25) is 9.36 Å². The van der Waals surface area contributed by atoms with Crippen LogP contribution in [0.15, 0.2) is 95.8 Å². The van der Waals surface area contributed by atoms with Gasteiger partial charge in [0.2, 0.25) is 0 Å². The van der Waals surface area contributed by atoms with Crippen molar-refractivity contribution in [3.05, 3.63) is 112 Å². The summed E-state index contributed by atoms with van der Waals surface area (Å²) in [6.07, 6.45) is 0. The highest BCUT2D eigenvalue weighted by Gasteiger charge is 2.18. The third-order valence-electron chi connectivity index (χ3n) is 5.68. The number of benzene rings is 4. The van der Waals surface area contributed by atoms with Crippen LogP contribution in [0.2, 0.25) is 0 Å². The lowest BCUT2D eigenvalue weighted by molar-refractivity contribution is 1.01. The van der Waals surface area contributed by atoms with Gasteiger partial charge in [0, 0.05) is 16.6 Å². The Labute approximate surface area is 169 Å². The topological polar surface area (TPSA) is 22.0 Å². The van der Waals surface area contributed by atoms with Crippen LogP contribution in [0.25, 0.3) is 38.5 Å². The molecule has 0 aliphatic carbocycles. The van der Waals surface area contributed by atoms with E-state index in [-0.39, 0.29) is 5.56 Å². The van der Waals surface area contributed by atoms with Crippen molar-refractivity contribution in [3.8, 4) is 16.9 Å². The minimum absolute atomic E-state index is 0.0120. The summed E-state index contributed by atoms with van der Waals surface area (Å²) in [6, 6.07) is 30.7. The van der Waals surface area contributed by atoms with E-state index in [1.54, 1.807) is 0 Å². The summed E-state index contributed by atoms with van der Waals surface area (Å²) >= 11 is 0. The second kappa shape index (κ2) is 6.75. The van der Waals surface area contributed by atoms with Gasteiger partial charge in [-0.2, -0.15) is 0 Å². The molecule has 0 bridgehead atoms. The summed E-state index contributed by atoms with van der Waals surface area (Å²) < 4.78 is 1.87. The standard InChI is InChI=1S/C27H21NO/c1-18-14-16-21(17-15-18)28-26(19(2)22-10-5-6-12-25(22)27(28)29)24-13-7-9-20-8-3-4-11-23(20)24/h3-17H,1-2H3. The lowest BCUT2D eigenvalue weighted by Crippen LogP contribution is -2.21. The molecule has 0 saturated heterocycles. The molecule has 5 rings (SSSR count). The molecule has 0 aliphatic rings. The molecule has 0 radical (unpaired) electrons. The molecule has 2 nitrogen and oxygen atoms in total. The highest BCUT2D eigenvalue weighted by atomic mass is 16.1. The van der Waals surface area contributed by atoms with Crippen LogP contribution in [0, 0.1) is 13.8 Å². The molecule has 0 amide bonds. The van der Waals surface area contributed by atoms with Crippen LogP contribution < -0.4 is 5.56 Å². The van der Waals surface area contributed by atoms with Gasteiger partial charge in [-0.05, 0) is 53.8 Å². The van der Waals surface area contributed by atoms with Crippen LogP contribution in [-0.4, -0.2) is 4.57 Å². The maximum absolute atomic E-state index is 13.7. The Balaban J connectivity index is 1.99. The van der Waals surface area contributed by atoms with E-state index >= 15 is 0 Å². The highest BCUT2D eigenvalue weighted by molar-refractivity contribution is 6.00. The molecule has 0 atom stereocenters. The maximum atomic E-state index is 13.7. The summed E-state index contributed by atoms with van der Waals surface area (Å²) in [4.78, 5) is 13.7. The summed E-state index contributed by atoms with van der Waals surface area (Å²) in [5, 5.41) is 4.06. The molecular formula is C27H21NO. The average Bonchev–Trinajstić information content (AvgIpc) is 2.77. The van der Waals surface area contributed by atoms with Crippen molar-refractivity contribution in [3.63, 3.8) is 0 Å². The predicted octanol–water partition coefficient (Wildman–Crippen LogP) is 6.43. The second-order valence-corrected chi connectivity index (χ2v) is 7.52. The zero-order valence-corrected chi connectivity index (χ0v) is 16.5. The van der Waals surface area contributed by atoms with Crippen LogP contribution in [0.4, 0.5) is 0 Å². The molecule has 0 spiro atoms. The van der Waals surface area contributed by atoms with Crippen molar-refractivity contribution in [2.45, 2.75) is 13.8 Å². The molecule has 1 aromatic heterocycles. The molecule has 1 heterocycles. The molecule has 0 N–H and O–H groups in total. The Morgan fingerprint density at radius 1 is 0.621 bits per heavy atom. The number of aryl methyl sites for hydroxylation is 2. The van der Waals surface area contributed by atoms with Gasteiger partial charge in [0.05, 0.1) is 5.69 Å². The summed E-state index contributed by atoms with van der Waals surface area (Å²) in [6.45, 7) is 4.17. The van der Waals surface area contributed by atoms with Gasteiger partial charge in [-0.1, -0.05) is 78.4 Å². The van der Waals surface area contributed by atoms with Gasteiger partial charge in [0.25, 0.3) is 5.56 Å². The predicted molar refractivity (Wildman–Crippen MR) is 122 cm³/mol. The number of hydrogen-bond acceptors (Lipinski definition) is 1. The fourth-order valence-electron chi connectivity index (χ4n) is 4.21. The van der Waals surface area contributed by atoms with E-state index < -0.39 is 0 Å². The molecule has 29 heavy (non-hydrogen) atoms. The van der Waals surface area contributed by atoms with E-state index in [2.05, 4.69) is 62.4 Å². The van der Waals surface area contributed by atoms with Crippen LogP contribution >= 0.6 is 0 Å². The summed E-state index contributed by atoms with van der Waals surface area (Å²) in [7, 11) is 0. The molecule has 140 valence electrons. The summed E-state index contributed by atoms with van der Waals surface area (Å²) in [5.41, 5.74) is 5.21. The minimum Gasteiger partial charge on any atom is -0.276 e. The summed E-state index contributed by atoms with van der Waals surface area (Å²) in [5.74, 6) is 0. The molecule has 0 fully saturated rings. The number of pyridine rings is 1. The Kier molecular flexibility index (Phi) is 4.06. The van der Waals surface area contributed by atoms with E-state index in [0.29, 0.717) is 0 Å². The van der Waals surface area contributed by atoms with Crippen molar-refractivity contribution in [2.24, 2.45) is 0 Å². The Morgan fingerprint density at radius 2 is 1.24 bits per heavy atom. The van der Waals surface area contributed by atoms with Crippen molar-refractivity contribution in [1.82, 2.24) is 4.57 Å². The van der Waals surface area contributed by atoms with Gasteiger partial charge in [0.1, 0.15) is 0 Å². The number of rotatable bonds is 2. The lowest BCUT2D eigenvalue weighted by atomic mass is 9.95. The molecular weight excluding hydrogens is 354 g/mol. The number of fused-ring (bicyclic) bond motifs is 2. The second-order valence-electron chi connectivity index (χ2n) is 7.52. The first-order valence-corrected chi connectivity index (χ1v) is 9.85. The molecule has 4 aromatic carbocycles. The quantitative estimate of drug-likeness (QED) is 0.348. The third-order valence-corrected chi connectivity index (χ3v) is 5.68. The largest absolute Gasteiger partial charge is 0.276 e. The molecule has 2 heteroatoms. The van der Waals surface area contributed by atoms with E-state index in [4.69, 9.17) is 0 Å². The maximum Gasteiger partial charge on any atom is 0.263 e. The first-order valence-electron chi connectivity index (χ1n) is 9.85. The Hall–Kier alpha value is -3.65. The van der Waals surface area contributed by atoms with Crippen molar-refractivity contribution in [2.75, 3.05) is 0 Å². The fraction of sp³-hybridized carbons (Fsp3) is 0.0741.